The predicted octanol–water partition coefficient (Wildman–Crippen LogP) is 1.45. The molecule has 1 N–H and O–H groups in total. The molecule has 2 heterocycles. The molecule has 0 spiro atoms. The van der Waals surface area contributed by atoms with Crippen LogP contribution in [0.5, 0.6) is 0 Å². The Hall–Kier alpha value is -0.870. The fraction of sp³-hybridized carbons (Fsp3) is 0.786. The molecule has 0 aromatic carbocycles. The van der Waals surface area contributed by atoms with E-state index < -0.39 is 5.60 Å². The van der Waals surface area contributed by atoms with Crippen LogP contribution in [0.2, 0.25) is 0 Å². The van der Waals surface area contributed by atoms with Crippen molar-refractivity contribution in [3.8, 4) is 0 Å². The van der Waals surface area contributed by atoms with Crippen LogP contribution >= 0.6 is 0 Å². The second kappa shape index (κ2) is 4.67. The third-order valence-corrected chi connectivity index (χ3v) is 4.47. The Morgan fingerprint density at radius 2 is 2.11 bits per heavy atom. The van der Waals surface area contributed by atoms with Gasteiger partial charge in [-0.2, -0.15) is 5.10 Å². The number of likely N-dealkylation sites (tertiary alicyclic amines) is 1. The molecular weight excluding hydrogens is 226 g/mol. The highest BCUT2D eigenvalue weighted by Gasteiger charge is 2.43. The zero-order valence-corrected chi connectivity index (χ0v) is 12.0. The maximum absolute atomic E-state index is 10.4. The second-order valence-electron chi connectivity index (χ2n) is 6.46. The van der Waals surface area contributed by atoms with Crippen molar-refractivity contribution >= 4 is 0 Å². The summed E-state index contributed by atoms with van der Waals surface area (Å²) >= 11 is 0. The van der Waals surface area contributed by atoms with Gasteiger partial charge in [-0.05, 0) is 25.3 Å². The molecule has 0 bridgehead atoms. The average Bonchev–Trinajstić information content (AvgIpc) is 2.66. The topological polar surface area (TPSA) is 41.3 Å². The van der Waals surface area contributed by atoms with E-state index in [2.05, 4.69) is 30.0 Å². The second-order valence-corrected chi connectivity index (χ2v) is 6.46. The molecule has 18 heavy (non-hydrogen) atoms. The Kier molecular flexibility index (Phi) is 3.52. The molecule has 2 rings (SSSR count). The highest BCUT2D eigenvalue weighted by atomic mass is 16.3. The van der Waals surface area contributed by atoms with Crippen LogP contribution in [0.4, 0.5) is 0 Å². The zero-order chi connectivity index (χ0) is 13.4. The van der Waals surface area contributed by atoms with E-state index in [1.807, 2.05) is 24.9 Å². The van der Waals surface area contributed by atoms with E-state index >= 15 is 0 Å². The van der Waals surface area contributed by atoms with Crippen molar-refractivity contribution in [3.63, 3.8) is 0 Å². The molecule has 0 radical (unpaired) electrons. The summed E-state index contributed by atoms with van der Waals surface area (Å²) in [7, 11) is 1.95. The van der Waals surface area contributed by atoms with Gasteiger partial charge in [-0.3, -0.25) is 4.68 Å². The van der Waals surface area contributed by atoms with Crippen LogP contribution in [0.25, 0.3) is 0 Å². The van der Waals surface area contributed by atoms with Crippen molar-refractivity contribution in [2.45, 2.75) is 39.2 Å². The van der Waals surface area contributed by atoms with Crippen LogP contribution in [-0.4, -0.2) is 45.0 Å². The number of hydrogen-bond acceptors (Lipinski definition) is 3. The summed E-state index contributed by atoms with van der Waals surface area (Å²) in [6, 6.07) is 0. The standard InChI is InChI=1S/C14H25N3O/c1-13(2)11-17(8-6-14(13,3)18)7-5-12-9-15-16(4)10-12/h9-10,18H,5-8,11H2,1-4H3/t14-/m0/s1. The van der Waals surface area contributed by atoms with Gasteiger partial charge in [-0.25, -0.2) is 0 Å². The molecule has 1 atom stereocenters. The fourth-order valence-electron chi connectivity index (χ4n) is 2.60. The van der Waals surface area contributed by atoms with E-state index in [0.717, 1.165) is 32.5 Å². The Morgan fingerprint density at radius 3 is 2.67 bits per heavy atom. The summed E-state index contributed by atoms with van der Waals surface area (Å²) < 4.78 is 1.85. The summed E-state index contributed by atoms with van der Waals surface area (Å²) in [6.45, 7) is 9.26. The lowest BCUT2D eigenvalue weighted by Crippen LogP contribution is -2.55. The van der Waals surface area contributed by atoms with E-state index in [1.54, 1.807) is 0 Å². The molecule has 1 aliphatic rings. The molecular formula is C14H25N3O. The van der Waals surface area contributed by atoms with Gasteiger partial charge in [-0.1, -0.05) is 13.8 Å². The van der Waals surface area contributed by atoms with Gasteiger partial charge in [0.15, 0.2) is 0 Å². The van der Waals surface area contributed by atoms with Crippen LogP contribution in [0.15, 0.2) is 12.4 Å². The molecule has 1 aromatic rings. The van der Waals surface area contributed by atoms with Crippen LogP contribution < -0.4 is 0 Å². The molecule has 0 amide bonds. The number of nitrogens with zero attached hydrogens (tertiary/aromatic N) is 3. The third-order valence-electron chi connectivity index (χ3n) is 4.47. The van der Waals surface area contributed by atoms with Gasteiger partial charge in [0.25, 0.3) is 0 Å². The fourth-order valence-corrected chi connectivity index (χ4v) is 2.60. The lowest BCUT2D eigenvalue weighted by Gasteiger charge is -2.48. The van der Waals surface area contributed by atoms with Crippen molar-refractivity contribution in [3.05, 3.63) is 18.0 Å². The smallest absolute Gasteiger partial charge is 0.0694 e. The van der Waals surface area contributed by atoms with Gasteiger partial charge in [0.05, 0.1) is 11.8 Å². The first-order valence-electron chi connectivity index (χ1n) is 6.72. The summed E-state index contributed by atoms with van der Waals surface area (Å²) in [5.41, 5.74) is 0.700. The largest absolute Gasteiger partial charge is 0.390 e. The van der Waals surface area contributed by atoms with Crippen molar-refractivity contribution in [2.24, 2.45) is 12.5 Å². The number of hydrogen-bond donors (Lipinski definition) is 1. The van der Waals surface area contributed by atoms with Crippen LogP contribution in [0.1, 0.15) is 32.8 Å². The molecule has 102 valence electrons. The summed E-state index contributed by atoms with van der Waals surface area (Å²) in [5.74, 6) is 0. The quantitative estimate of drug-likeness (QED) is 0.884. The van der Waals surface area contributed by atoms with Gasteiger partial charge >= 0.3 is 0 Å². The highest BCUT2D eigenvalue weighted by Crippen LogP contribution is 2.37. The van der Waals surface area contributed by atoms with Crippen molar-refractivity contribution in [1.82, 2.24) is 14.7 Å². The molecule has 0 saturated carbocycles. The van der Waals surface area contributed by atoms with Crippen LogP contribution in [0, 0.1) is 5.41 Å². The third kappa shape index (κ3) is 2.75. The zero-order valence-electron chi connectivity index (χ0n) is 12.0. The van der Waals surface area contributed by atoms with Crippen LogP contribution in [0.3, 0.4) is 0 Å². The summed E-state index contributed by atoms with van der Waals surface area (Å²) in [5, 5.41) is 14.6. The number of aromatic nitrogens is 2. The number of piperidine rings is 1. The lowest BCUT2D eigenvalue weighted by molar-refractivity contribution is -0.105. The van der Waals surface area contributed by atoms with Crippen molar-refractivity contribution in [2.75, 3.05) is 19.6 Å². The first-order valence-corrected chi connectivity index (χ1v) is 6.72. The average molecular weight is 251 g/mol. The minimum Gasteiger partial charge on any atom is -0.390 e. The maximum atomic E-state index is 10.4. The highest BCUT2D eigenvalue weighted by molar-refractivity contribution is 5.05. The normalized spacial score (nSPS) is 28.5. The van der Waals surface area contributed by atoms with Gasteiger partial charge in [0, 0.05) is 38.3 Å². The summed E-state index contributed by atoms with van der Waals surface area (Å²) in [4.78, 5) is 2.45. The molecule has 1 aromatic heterocycles. The number of aliphatic hydroxyl groups is 1. The predicted molar refractivity (Wildman–Crippen MR) is 72.4 cm³/mol. The molecule has 1 saturated heterocycles. The van der Waals surface area contributed by atoms with Gasteiger partial charge in [0.2, 0.25) is 0 Å². The molecule has 4 heteroatoms. The monoisotopic (exact) mass is 251 g/mol. The Morgan fingerprint density at radius 1 is 1.39 bits per heavy atom. The first-order chi connectivity index (χ1) is 8.30. The molecule has 4 nitrogen and oxygen atoms in total. The van der Waals surface area contributed by atoms with Gasteiger partial charge in [-0.15, -0.1) is 0 Å². The Labute approximate surface area is 110 Å². The molecule has 0 unspecified atom stereocenters. The van der Waals surface area contributed by atoms with E-state index in [1.165, 1.54) is 5.56 Å². The Bertz CT molecular complexity index is 409. The van der Waals surface area contributed by atoms with Crippen molar-refractivity contribution in [1.29, 1.82) is 0 Å². The lowest BCUT2D eigenvalue weighted by atomic mass is 9.71. The van der Waals surface area contributed by atoms with E-state index in [-0.39, 0.29) is 5.41 Å². The van der Waals surface area contributed by atoms with E-state index in [9.17, 15) is 5.11 Å². The first kappa shape index (κ1) is 13.6. The maximum Gasteiger partial charge on any atom is 0.0694 e. The minimum atomic E-state index is -0.544. The van der Waals surface area contributed by atoms with Crippen LogP contribution in [-0.2, 0) is 13.5 Å². The number of rotatable bonds is 3. The molecule has 1 aliphatic heterocycles. The van der Waals surface area contributed by atoms with Crippen molar-refractivity contribution < 1.29 is 5.11 Å². The van der Waals surface area contributed by atoms with Gasteiger partial charge in [0.1, 0.15) is 0 Å². The van der Waals surface area contributed by atoms with E-state index in [4.69, 9.17) is 0 Å². The van der Waals surface area contributed by atoms with E-state index in [0.29, 0.717) is 0 Å². The molecule has 0 aliphatic carbocycles. The Balaban J connectivity index is 1.89. The van der Waals surface area contributed by atoms with Gasteiger partial charge < -0.3 is 10.0 Å². The minimum absolute atomic E-state index is 0.0415. The number of aryl methyl sites for hydroxylation is 1. The SMILES string of the molecule is Cn1cc(CCN2CC[C@](C)(O)C(C)(C)C2)cn1. The molecule has 1 fully saturated rings. The summed E-state index contributed by atoms with van der Waals surface area (Å²) in [6.07, 6.45) is 5.90.